The van der Waals surface area contributed by atoms with E-state index in [2.05, 4.69) is 53.3 Å². The van der Waals surface area contributed by atoms with Gasteiger partial charge in [-0.1, -0.05) is 48.5 Å². The van der Waals surface area contributed by atoms with E-state index < -0.39 is 0 Å². The van der Waals surface area contributed by atoms with Gasteiger partial charge in [0.05, 0.1) is 5.52 Å². The summed E-state index contributed by atoms with van der Waals surface area (Å²) in [6.45, 7) is 7.65. The predicted molar refractivity (Wildman–Crippen MR) is 127 cm³/mol. The number of fused-ring (bicyclic) bond motifs is 1. The first-order valence-corrected chi connectivity index (χ1v) is 11.5. The molecule has 162 valence electrons. The molecule has 0 saturated carbocycles. The standard InChI is InChI=1S/C27H33N3O/c1-20(2)30-17-14-23(15-18-30)19-22-9-7-21(8-10-22)13-16-28-27(31)26-12-11-24-5-3-4-6-25(24)29-26/h3-12,20,23H,13-19H2,1-2H3,(H,28,31). The lowest BCUT2D eigenvalue weighted by Gasteiger charge is -2.34. The van der Waals surface area contributed by atoms with Gasteiger partial charge in [-0.15, -0.1) is 0 Å². The van der Waals surface area contributed by atoms with Gasteiger partial charge in [0.25, 0.3) is 5.91 Å². The monoisotopic (exact) mass is 415 g/mol. The van der Waals surface area contributed by atoms with Crippen molar-refractivity contribution in [1.82, 2.24) is 15.2 Å². The second-order valence-corrected chi connectivity index (χ2v) is 8.99. The zero-order valence-corrected chi connectivity index (χ0v) is 18.7. The van der Waals surface area contributed by atoms with Crippen LogP contribution in [0.15, 0.2) is 60.7 Å². The lowest BCUT2D eigenvalue weighted by molar-refractivity contribution is 0.0949. The minimum atomic E-state index is -0.116. The molecule has 2 aromatic carbocycles. The zero-order valence-electron chi connectivity index (χ0n) is 18.7. The van der Waals surface area contributed by atoms with E-state index in [0.29, 0.717) is 18.3 Å². The maximum Gasteiger partial charge on any atom is 0.269 e. The van der Waals surface area contributed by atoms with Crippen molar-refractivity contribution in [1.29, 1.82) is 0 Å². The van der Waals surface area contributed by atoms with Crippen molar-refractivity contribution < 1.29 is 4.79 Å². The summed E-state index contributed by atoms with van der Waals surface area (Å²) in [5, 5.41) is 4.05. The Balaban J connectivity index is 1.23. The maximum absolute atomic E-state index is 12.4. The molecular formula is C27H33N3O. The molecule has 1 amide bonds. The molecule has 1 N–H and O–H groups in total. The summed E-state index contributed by atoms with van der Waals surface area (Å²) in [6.07, 6.45) is 4.60. The van der Waals surface area contributed by atoms with Gasteiger partial charge >= 0.3 is 0 Å². The Morgan fingerprint density at radius 2 is 1.71 bits per heavy atom. The highest BCUT2D eigenvalue weighted by Gasteiger charge is 2.20. The molecule has 4 nitrogen and oxygen atoms in total. The van der Waals surface area contributed by atoms with E-state index in [0.717, 1.165) is 23.2 Å². The van der Waals surface area contributed by atoms with Crippen LogP contribution in [0.1, 0.15) is 48.3 Å². The first-order valence-electron chi connectivity index (χ1n) is 11.5. The Kier molecular flexibility index (Phi) is 6.98. The average Bonchev–Trinajstić information content (AvgIpc) is 2.80. The van der Waals surface area contributed by atoms with Crippen LogP contribution in [0.2, 0.25) is 0 Å². The van der Waals surface area contributed by atoms with Gasteiger partial charge in [-0.05, 0) is 81.8 Å². The fraction of sp³-hybridized carbons (Fsp3) is 0.407. The summed E-state index contributed by atoms with van der Waals surface area (Å²) >= 11 is 0. The maximum atomic E-state index is 12.4. The molecule has 0 radical (unpaired) electrons. The molecule has 1 aliphatic heterocycles. The number of carbonyl (C=O) groups is 1. The van der Waals surface area contributed by atoms with Crippen LogP contribution in [0, 0.1) is 5.92 Å². The molecule has 0 unspecified atom stereocenters. The summed E-state index contributed by atoms with van der Waals surface area (Å²) in [7, 11) is 0. The van der Waals surface area contributed by atoms with Crippen molar-refractivity contribution in [2.45, 2.75) is 45.6 Å². The van der Waals surface area contributed by atoms with Crippen LogP contribution in [0.5, 0.6) is 0 Å². The summed E-state index contributed by atoms with van der Waals surface area (Å²) in [5.74, 6) is 0.685. The van der Waals surface area contributed by atoms with Crippen molar-refractivity contribution in [3.63, 3.8) is 0 Å². The minimum Gasteiger partial charge on any atom is -0.350 e. The minimum absolute atomic E-state index is 0.116. The highest BCUT2D eigenvalue weighted by molar-refractivity contribution is 5.94. The van der Waals surface area contributed by atoms with Crippen molar-refractivity contribution in [2.75, 3.05) is 19.6 Å². The molecule has 2 heterocycles. The number of para-hydroxylation sites is 1. The van der Waals surface area contributed by atoms with Gasteiger partial charge in [0.15, 0.2) is 0 Å². The van der Waals surface area contributed by atoms with Gasteiger partial charge in [0.1, 0.15) is 5.69 Å². The van der Waals surface area contributed by atoms with E-state index in [1.54, 1.807) is 6.07 Å². The van der Waals surface area contributed by atoms with Crippen molar-refractivity contribution in [2.24, 2.45) is 5.92 Å². The third-order valence-corrected chi connectivity index (χ3v) is 6.46. The van der Waals surface area contributed by atoms with Crippen LogP contribution >= 0.6 is 0 Å². The molecule has 1 saturated heterocycles. The van der Waals surface area contributed by atoms with E-state index in [1.165, 1.54) is 43.5 Å². The van der Waals surface area contributed by atoms with Crippen molar-refractivity contribution in [3.8, 4) is 0 Å². The Labute approximate surface area is 185 Å². The van der Waals surface area contributed by atoms with Gasteiger partial charge in [-0.25, -0.2) is 4.98 Å². The van der Waals surface area contributed by atoms with Crippen molar-refractivity contribution in [3.05, 3.63) is 77.5 Å². The van der Waals surface area contributed by atoms with Crippen LogP contribution in [0.25, 0.3) is 10.9 Å². The van der Waals surface area contributed by atoms with Gasteiger partial charge < -0.3 is 10.2 Å². The molecule has 0 bridgehead atoms. The lowest BCUT2D eigenvalue weighted by atomic mass is 9.89. The van der Waals surface area contributed by atoms with Gasteiger partial charge in [0.2, 0.25) is 0 Å². The summed E-state index contributed by atoms with van der Waals surface area (Å²) in [4.78, 5) is 19.5. The van der Waals surface area contributed by atoms with Crippen LogP contribution in [-0.4, -0.2) is 41.5 Å². The molecule has 4 rings (SSSR count). The lowest BCUT2D eigenvalue weighted by Crippen LogP contribution is -2.38. The summed E-state index contributed by atoms with van der Waals surface area (Å²) < 4.78 is 0. The molecule has 4 heteroatoms. The van der Waals surface area contributed by atoms with Crippen LogP contribution in [-0.2, 0) is 12.8 Å². The molecular weight excluding hydrogens is 382 g/mol. The summed E-state index contributed by atoms with van der Waals surface area (Å²) in [6, 6.07) is 21.2. The molecule has 31 heavy (non-hydrogen) atoms. The molecule has 3 aromatic rings. The Morgan fingerprint density at radius 1 is 1.00 bits per heavy atom. The van der Waals surface area contributed by atoms with Crippen LogP contribution in [0.3, 0.4) is 0 Å². The SMILES string of the molecule is CC(C)N1CCC(Cc2ccc(CCNC(=O)c3ccc4ccccc4n3)cc2)CC1. The number of hydrogen-bond donors (Lipinski definition) is 1. The smallest absolute Gasteiger partial charge is 0.269 e. The molecule has 1 aliphatic rings. The molecule has 0 aliphatic carbocycles. The van der Waals surface area contributed by atoms with E-state index in [9.17, 15) is 4.79 Å². The van der Waals surface area contributed by atoms with Crippen molar-refractivity contribution >= 4 is 16.8 Å². The first kappa shape index (κ1) is 21.5. The van der Waals surface area contributed by atoms with E-state index in [-0.39, 0.29) is 5.91 Å². The number of pyridine rings is 1. The molecule has 1 fully saturated rings. The largest absolute Gasteiger partial charge is 0.350 e. The van der Waals surface area contributed by atoms with Gasteiger partial charge in [-0.2, -0.15) is 0 Å². The second-order valence-electron chi connectivity index (χ2n) is 8.99. The van der Waals surface area contributed by atoms with E-state index in [1.807, 2.05) is 30.3 Å². The first-order chi connectivity index (χ1) is 15.1. The third-order valence-electron chi connectivity index (χ3n) is 6.46. The average molecular weight is 416 g/mol. The number of piperidine rings is 1. The van der Waals surface area contributed by atoms with Crippen LogP contribution < -0.4 is 5.32 Å². The highest BCUT2D eigenvalue weighted by Crippen LogP contribution is 2.23. The van der Waals surface area contributed by atoms with Gasteiger partial charge in [0, 0.05) is 18.0 Å². The molecule has 0 spiro atoms. The number of aromatic nitrogens is 1. The van der Waals surface area contributed by atoms with E-state index >= 15 is 0 Å². The number of rotatable bonds is 7. The Morgan fingerprint density at radius 3 is 2.45 bits per heavy atom. The zero-order chi connectivity index (χ0) is 21.6. The summed E-state index contributed by atoms with van der Waals surface area (Å²) in [5.41, 5.74) is 4.00. The fourth-order valence-electron chi connectivity index (χ4n) is 4.45. The third kappa shape index (κ3) is 5.71. The fourth-order valence-corrected chi connectivity index (χ4v) is 4.45. The predicted octanol–water partition coefficient (Wildman–Crippen LogP) is 4.87. The number of likely N-dealkylation sites (tertiary alicyclic amines) is 1. The Hall–Kier alpha value is -2.72. The normalized spacial score (nSPS) is 15.5. The number of benzene rings is 2. The molecule has 1 aromatic heterocycles. The van der Waals surface area contributed by atoms with E-state index in [4.69, 9.17) is 0 Å². The number of carbonyl (C=O) groups excluding carboxylic acids is 1. The van der Waals surface area contributed by atoms with Gasteiger partial charge in [-0.3, -0.25) is 4.79 Å². The second kappa shape index (κ2) is 10.1. The van der Waals surface area contributed by atoms with Crippen LogP contribution in [0.4, 0.5) is 0 Å². The number of hydrogen-bond acceptors (Lipinski definition) is 3. The molecule has 0 atom stereocenters. The quantitative estimate of drug-likeness (QED) is 0.599. The Bertz CT molecular complexity index is 1000. The number of nitrogens with one attached hydrogen (secondary N) is 1. The topological polar surface area (TPSA) is 45.2 Å². The number of nitrogens with zero attached hydrogens (tertiary/aromatic N) is 2. The number of amides is 1. The highest BCUT2D eigenvalue weighted by atomic mass is 16.1.